The van der Waals surface area contributed by atoms with Crippen molar-refractivity contribution in [2.24, 2.45) is 0 Å². The second kappa shape index (κ2) is 7.86. The number of carbonyl (C=O) groups is 2. The zero-order valence-electron chi connectivity index (χ0n) is 11.1. The summed E-state index contributed by atoms with van der Waals surface area (Å²) < 4.78 is 29.0. The van der Waals surface area contributed by atoms with Crippen molar-refractivity contribution in [2.75, 3.05) is 19.7 Å². The Hall–Kier alpha value is -1.46. The van der Waals surface area contributed by atoms with E-state index in [4.69, 9.17) is 4.74 Å². The van der Waals surface area contributed by atoms with Gasteiger partial charge in [-0.15, -0.1) is 0 Å². The first-order valence-electron chi connectivity index (χ1n) is 6.45. The van der Waals surface area contributed by atoms with Crippen molar-refractivity contribution in [2.45, 2.75) is 39.0 Å². The molecule has 0 N–H and O–H groups in total. The number of amides is 1. The van der Waals surface area contributed by atoms with Crippen LogP contribution in [0.1, 0.15) is 39.0 Å². The smallest absolute Gasteiger partial charge is 0.306 e. The van der Waals surface area contributed by atoms with E-state index in [0.29, 0.717) is 6.42 Å². The number of likely N-dealkylation sites (tertiary alicyclic amines) is 1. The lowest BCUT2D eigenvalue weighted by atomic mass is 10.1. The van der Waals surface area contributed by atoms with E-state index in [1.54, 1.807) is 4.90 Å². The molecule has 0 saturated carbocycles. The molecule has 108 valence electrons. The molecule has 6 heteroatoms. The molecule has 0 aromatic heterocycles. The van der Waals surface area contributed by atoms with Crippen molar-refractivity contribution >= 4 is 11.9 Å². The molecule has 1 fully saturated rings. The van der Waals surface area contributed by atoms with Crippen LogP contribution < -0.4 is 0 Å². The Balaban J connectivity index is 2.14. The van der Waals surface area contributed by atoms with Gasteiger partial charge in [0.05, 0.1) is 0 Å². The molecule has 19 heavy (non-hydrogen) atoms. The maximum Gasteiger partial charge on any atom is 0.306 e. The van der Waals surface area contributed by atoms with E-state index in [0.717, 1.165) is 25.9 Å². The molecule has 1 saturated heterocycles. The van der Waals surface area contributed by atoms with E-state index in [1.165, 1.54) is 6.92 Å². The van der Waals surface area contributed by atoms with Crippen LogP contribution in [0.15, 0.2) is 11.7 Å². The fraction of sp³-hybridized carbons (Fsp3) is 0.692. The Morgan fingerprint density at radius 3 is 2.37 bits per heavy atom. The minimum absolute atomic E-state index is 0.0130. The molecule has 4 nitrogen and oxygen atoms in total. The van der Waals surface area contributed by atoms with Crippen LogP contribution in [-0.4, -0.2) is 36.5 Å². The number of esters is 1. The summed E-state index contributed by atoms with van der Waals surface area (Å²) in [4.78, 5) is 24.5. The molecule has 0 atom stereocenters. The highest BCUT2D eigenvalue weighted by molar-refractivity contribution is 5.80. The molecular formula is C13H19F2NO3. The fourth-order valence-electron chi connectivity index (χ4n) is 1.86. The fourth-order valence-corrected chi connectivity index (χ4v) is 1.86. The van der Waals surface area contributed by atoms with Gasteiger partial charge in [-0.2, -0.15) is 8.78 Å². The monoisotopic (exact) mass is 275 g/mol. The molecule has 0 spiro atoms. The third-order valence-corrected chi connectivity index (χ3v) is 3.07. The van der Waals surface area contributed by atoms with Crippen LogP contribution in [0.4, 0.5) is 8.78 Å². The van der Waals surface area contributed by atoms with E-state index in [2.05, 4.69) is 0 Å². The maximum atomic E-state index is 12.1. The quantitative estimate of drug-likeness (QED) is 0.700. The number of carbonyl (C=O) groups excluding carboxylic acids is 2. The summed E-state index contributed by atoms with van der Waals surface area (Å²) >= 11 is 0. The van der Waals surface area contributed by atoms with Crippen LogP contribution in [0.5, 0.6) is 0 Å². The number of halogens is 2. The highest BCUT2D eigenvalue weighted by atomic mass is 19.3. The van der Waals surface area contributed by atoms with Crippen molar-refractivity contribution in [1.29, 1.82) is 0 Å². The lowest BCUT2D eigenvalue weighted by Crippen LogP contribution is -2.32. The van der Waals surface area contributed by atoms with E-state index < -0.39 is 12.0 Å². The molecule has 0 bridgehead atoms. The molecule has 0 radical (unpaired) electrons. The zero-order valence-corrected chi connectivity index (χ0v) is 11.1. The van der Waals surface area contributed by atoms with Gasteiger partial charge in [0.1, 0.15) is 0 Å². The van der Waals surface area contributed by atoms with E-state index in [9.17, 15) is 18.4 Å². The molecule has 1 heterocycles. The van der Waals surface area contributed by atoms with Gasteiger partial charge in [0.15, 0.2) is 6.61 Å². The first-order chi connectivity index (χ1) is 9.00. The van der Waals surface area contributed by atoms with Crippen LogP contribution in [-0.2, 0) is 14.3 Å². The van der Waals surface area contributed by atoms with Gasteiger partial charge in [-0.25, -0.2) is 0 Å². The summed E-state index contributed by atoms with van der Waals surface area (Å²) in [7, 11) is 0. The van der Waals surface area contributed by atoms with Crippen LogP contribution in [0.25, 0.3) is 0 Å². The number of hydrogen-bond acceptors (Lipinski definition) is 3. The minimum atomic E-state index is -1.70. The normalized spacial score (nSPS) is 14.4. The average Bonchev–Trinajstić information content (AvgIpc) is 2.89. The molecule has 0 aliphatic carbocycles. The average molecular weight is 275 g/mol. The number of ether oxygens (including phenoxy) is 1. The molecule has 0 aromatic rings. The van der Waals surface area contributed by atoms with Crippen LogP contribution >= 0.6 is 0 Å². The first-order valence-corrected chi connectivity index (χ1v) is 6.45. The summed E-state index contributed by atoms with van der Waals surface area (Å²) in [5.74, 6) is -0.698. The molecule has 0 unspecified atom stereocenters. The van der Waals surface area contributed by atoms with Gasteiger partial charge >= 0.3 is 5.97 Å². The number of hydrogen-bond donors (Lipinski definition) is 0. The van der Waals surface area contributed by atoms with Crippen LogP contribution in [0, 0.1) is 0 Å². The summed E-state index contributed by atoms with van der Waals surface area (Å²) in [6, 6.07) is 0. The standard InChI is InChI=1S/C13H19F2NO3/c1-10(13(14)15)5-4-6-12(18)19-9-11(17)16-7-2-3-8-16/h2-9H2,1H3. The van der Waals surface area contributed by atoms with Crippen molar-refractivity contribution in [3.05, 3.63) is 11.7 Å². The molecule has 1 rings (SSSR count). The van der Waals surface area contributed by atoms with Gasteiger partial charge in [0.2, 0.25) is 0 Å². The Morgan fingerprint density at radius 1 is 1.16 bits per heavy atom. The van der Waals surface area contributed by atoms with Crippen molar-refractivity contribution in [1.82, 2.24) is 4.90 Å². The summed E-state index contributed by atoms with van der Waals surface area (Å²) in [5, 5.41) is 0. The lowest BCUT2D eigenvalue weighted by molar-refractivity contribution is -0.151. The number of rotatable bonds is 6. The summed E-state index contributed by atoms with van der Waals surface area (Å²) in [6.45, 7) is 2.52. The van der Waals surface area contributed by atoms with Crippen LogP contribution in [0.3, 0.4) is 0 Å². The second-order valence-corrected chi connectivity index (χ2v) is 4.64. The molecule has 1 aliphatic rings. The van der Waals surface area contributed by atoms with Crippen molar-refractivity contribution < 1.29 is 23.1 Å². The maximum absolute atomic E-state index is 12.1. The van der Waals surface area contributed by atoms with Gasteiger partial charge in [0.25, 0.3) is 12.0 Å². The Kier molecular flexibility index (Phi) is 6.45. The number of allylic oxidation sites excluding steroid dienone is 1. The van der Waals surface area contributed by atoms with Gasteiger partial charge in [-0.05, 0) is 38.2 Å². The second-order valence-electron chi connectivity index (χ2n) is 4.64. The summed E-state index contributed by atoms with van der Waals surface area (Å²) in [6.07, 6.45) is 0.799. The third-order valence-electron chi connectivity index (χ3n) is 3.07. The Bertz CT molecular complexity index is 359. The predicted octanol–water partition coefficient (Wildman–Crippen LogP) is 2.49. The van der Waals surface area contributed by atoms with E-state index >= 15 is 0 Å². The highest BCUT2D eigenvalue weighted by Crippen LogP contribution is 2.14. The molecule has 1 aliphatic heterocycles. The van der Waals surface area contributed by atoms with Crippen molar-refractivity contribution in [3.8, 4) is 0 Å². The van der Waals surface area contributed by atoms with E-state index in [1.807, 2.05) is 0 Å². The minimum Gasteiger partial charge on any atom is -0.456 e. The van der Waals surface area contributed by atoms with Crippen molar-refractivity contribution in [3.63, 3.8) is 0 Å². The number of nitrogens with zero attached hydrogens (tertiary/aromatic N) is 1. The molecule has 0 aromatic carbocycles. The Labute approximate surface area is 111 Å². The van der Waals surface area contributed by atoms with Gasteiger partial charge in [0, 0.05) is 19.5 Å². The Morgan fingerprint density at radius 2 is 1.79 bits per heavy atom. The largest absolute Gasteiger partial charge is 0.456 e. The van der Waals surface area contributed by atoms with E-state index in [-0.39, 0.29) is 30.9 Å². The zero-order chi connectivity index (χ0) is 14.3. The lowest BCUT2D eigenvalue weighted by Gasteiger charge is -2.14. The topological polar surface area (TPSA) is 46.6 Å². The predicted molar refractivity (Wildman–Crippen MR) is 65.5 cm³/mol. The van der Waals surface area contributed by atoms with Gasteiger partial charge in [-0.3, -0.25) is 9.59 Å². The molecule has 1 amide bonds. The van der Waals surface area contributed by atoms with Gasteiger partial charge < -0.3 is 9.64 Å². The third kappa shape index (κ3) is 5.81. The summed E-state index contributed by atoms with van der Waals surface area (Å²) in [5.41, 5.74) is -0.0130. The molecular weight excluding hydrogens is 256 g/mol. The first kappa shape index (κ1) is 15.6. The van der Waals surface area contributed by atoms with Crippen LogP contribution in [0.2, 0.25) is 0 Å². The van der Waals surface area contributed by atoms with Gasteiger partial charge in [-0.1, -0.05) is 0 Å². The highest BCUT2D eigenvalue weighted by Gasteiger charge is 2.18. The SMILES string of the molecule is CC(CCCC(=O)OCC(=O)N1CCCC1)=C(F)F.